The van der Waals surface area contributed by atoms with Crippen LogP contribution in [0.15, 0.2) is 34.8 Å². The van der Waals surface area contributed by atoms with Crippen molar-refractivity contribution in [2.75, 3.05) is 0 Å². The van der Waals surface area contributed by atoms with Crippen LogP contribution in [0.3, 0.4) is 0 Å². The van der Waals surface area contributed by atoms with Crippen molar-refractivity contribution in [2.45, 2.75) is 24.2 Å². The highest BCUT2D eigenvalue weighted by molar-refractivity contribution is 8.76. The smallest absolute Gasteiger partial charge is 0.199 e. The summed E-state index contributed by atoms with van der Waals surface area (Å²) in [5.74, 6) is 0. The maximum atomic E-state index is 4.29. The second-order valence-electron chi connectivity index (χ2n) is 3.13. The first-order valence-corrected chi connectivity index (χ1v) is 6.83. The van der Waals surface area contributed by atoms with Crippen molar-refractivity contribution in [3.63, 3.8) is 0 Å². The van der Waals surface area contributed by atoms with Crippen LogP contribution in [0.5, 0.6) is 0 Å². The molecule has 0 bridgehead atoms. The zero-order valence-electron chi connectivity index (χ0n) is 8.91. The van der Waals surface area contributed by atoms with Gasteiger partial charge in [-0.05, 0) is 47.6 Å². The monoisotopic (exact) mass is 250 g/mol. The van der Waals surface area contributed by atoms with E-state index in [9.17, 15) is 0 Å². The van der Waals surface area contributed by atoms with E-state index in [4.69, 9.17) is 0 Å². The molecule has 0 N–H and O–H groups in total. The van der Waals surface area contributed by atoms with Crippen LogP contribution in [-0.2, 0) is 0 Å². The van der Waals surface area contributed by atoms with E-state index in [1.165, 1.54) is 21.6 Å². The maximum Gasteiger partial charge on any atom is 0.199 e. The van der Waals surface area contributed by atoms with E-state index in [2.05, 4.69) is 19.9 Å². The van der Waals surface area contributed by atoms with Gasteiger partial charge in [-0.25, -0.2) is 19.9 Å². The predicted molar refractivity (Wildman–Crippen MR) is 65.3 cm³/mol. The van der Waals surface area contributed by atoms with Crippen molar-refractivity contribution < 1.29 is 0 Å². The molecule has 82 valence electrons. The first kappa shape index (κ1) is 11.3. The van der Waals surface area contributed by atoms with Gasteiger partial charge in [0.2, 0.25) is 0 Å². The summed E-state index contributed by atoms with van der Waals surface area (Å²) >= 11 is 0. The first-order valence-electron chi connectivity index (χ1n) is 4.68. The second-order valence-corrected chi connectivity index (χ2v) is 5.19. The van der Waals surface area contributed by atoms with Crippen LogP contribution in [0.25, 0.3) is 0 Å². The molecule has 0 unspecified atom stereocenters. The highest BCUT2D eigenvalue weighted by Crippen LogP contribution is 2.32. The zero-order chi connectivity index (χ0) is 11.4. The lowest BCUT2D eigenvalue weighted by atomic mass is 10.5. The van der Waals surface area contributed by atoms with Gasteiger partial charge < -0.3 is 0 Å². The molecule has 0 saturated heterocycles. The van der Waals surface area contributed by atoms with E-state index in [1.807, 2.05) is 26.0 Å². The second kappa shape index (κ2) is 5.27. The van der Waals surface area contributed by atoms with Gasteiger partial charge in [-0.15, -0.1) is 0 Å². The SMILES string of the molecule is Cc1ccnc(SSc2nccc(C)n2)n1. The van der Waals surface area contributed by atoms with Gasteiger partial charge in [0.15, 0.2) is 10.3 Å². The molecular weight excluding hydrogens is 240 g/mol. The van der Waals surface area contributed by atoms with Crippen molar-refractivity contribution >= 4 is 21.6 Å². The number of hydrogen-bond acceptors (Lipinski definition) is 6. The minimum Gasteiger partial charge on any atom is -0.230 e. The van der Waals surface area contributed by atoms with Crippen molar-refractivity contribution in [3.8, 4) is 0 Å². The molecule has 0 radical (unpaired) electrons. The average Bonchev–Trinajstić information content (AvgIpc) is 2.27. The number of aryl methyl sites for hydroxylation is 2. The molecular formula is C10H10N4S2. The molecule has 2 heterocycles. The summed E-state index contributed by atoms with van der Waals surface area (Å²) in [7, 11) is 2.93. The maximum absolute atomic E-state index is 4.29. The van der Waals surface area contributed by atoms with Crippen molar-refractivity contribution in [1.29, 1.82) is 0 Å². The van der Waals surface area contributed by atoms with Gasteiger partial charge in [-0.3, -0.25) is 0 Å². The topological polar surface area (TPSA) is 51.6 Å². The number of hydrogen-bond donors (Lipinski definition) is 0. The summed E-state index contributed by atoms with van der Waals surface area (Å²) in [4.78, 5) is 16.9. The van der Waals surface area contributed by atoms with Crippen LogP contribution in [0.1, 0.15) is 11.4 Å². The van der Waals surface area contributed by atoms with Crippen LogP contribution in [-0.4, -0.2) is 19.9 Å². The Morgan fingerprint density at radius 2 is 1.25 bits per heavy atom. The molecule has 0 aliphatic carbocycles. The molecule has 0 amide bonds. The lowest BCUT2D eigenvalue weighted by molar-refractivity contribution is 0.931. The Bertz CT molecular complexity index is 444. The molecule has 0 spiro atoms. The van der Waals surface area contributed by atoms with Crippen molar-refractivity contribution in [1.82, 2.24) is 19.9 Å². The summed E-state index contributed by atoms with van der Waals surface area (Å²) < 4.78 is 0. The minimum absolute atomic E-state index is 0.732. The average molecular weight is 250 g/mol. The number of nitrogens with zero attached hydrogens (tertiary/aromatic N) is 4. The molecule has 16 heavy (non-hydrogen) atoms. The Labute approximate surface area is 102 Å². The van der Waals surface area contributed by atoms with Gasteiger partial charge >= 0.3 is 0 Å². The minimum atomic E-state index is 0.732. The Hall–Kier alpha value is -1.14. The van der Waals surface area contributed by atoms with Crippen molar-refractivity contribution in [3.05, 3.63) is 35.9 Å². The van der Waals surface area contributed by atoms with E-state index in [0.717, 1.165) is 21.7 Å². The van der Waals surface area contributed by atoms with Crippen LogP contribution in [0.2, 0.25) is 0 Å². The quantitative estimate of drug-likeness (QED) is 0.616. The lowest BCUT2D eigenvalue weighted by Gasteiger charge is -1.99. The predicted octanol–water partition coefficient (Wildman–Crippen LogP) is 2.68. The molecule has 6 heteroatoms. The Balaban J connectivity index is 2.02. The third-order valence-corrected chi connectivity index (χ3v) is 3.66. The van der Waals surface area contributed by atoms with Crippen LogP contribution in [0.4, 0.5) is 0 Å². The summed E-state index contributed by atoms with van der Waals surface area (Å²) in [5, 5.41) is 1.46. The van der Waals surface area contributed by atoms with Crippen LogP contribution < -0.4 is 0 Å². The van der Waals surface area contributed by atoms with Crippen LogP contribution in [0, 0.1) is 13.8 Å². The molecule has 4 nitrogen and oxygen atoms in total. The summed E-state index contributed by atoms with van der Waals surface area (Å²) in [6, 6.07) is 3.75. The normalized spacial score (nSPS) is 10.4. The zero-order valence-corrected chi connectivity index (χ0v) is 10.5. The fourth-order valence-electron chi connectivity index (χ4n) is 1.01. The van der Waals surface area contributed by atoms with Crippen molar-refractivity contribution in [2.24, 2.45) is 0 Å². The molecule has 2 aromatic rings. The molecule has 0 aromatic carbocycles. The van der Waals surface area contributed by atoms with Gasteiger partial charge in [0.25, 0.3) is 0 Å². The number of rotatable bonds is 3. The van der Waals surface area contributed by atoms with Gasteiger partial charge in [0.1, 0.15) is 0 Å². The molecule has 0 aliphatic heterocycles. The third kappa shape index (κ3) is 3.18. The molecule has 0 fully saturated rings. The van der Waals surface area contributed by atoms with E-state index < -0.39 is 0 Å². The third-order valence-electron chi connectivity index (χ3n) is 1.74. The standard InChI is InChI=1S/C10H10N4S2/c1-7-3-5-11-9(13-7)15-16-10-12-6-4-8(2)14-10/h3-6H,1-2H3. The van der Waals surface area contributed by atoms with E-state index >= 15 is 0 Å². The fourth-order valence-corrected chi connectivity index (χ4v) is 2.66. The Morgan fingerprint density at radius 3 is 1.62 bits per heavy atom. The highest BCUT2D eigenvalue weighted by Gasteiger charge is 2.02. The Morgan fingerprint density at radius 1 is 0.812 bits per heavy atom. The van der Waals surface area contributed by atoms with E-state index in [-0.39, 0.29) is 0 Å². The highest BCUT2D eigenvalue weighted by atomic mass is 33.1. The molecule has 2 rings (SSSR count). The van der Waals surface area contributed by atoms with E-state index in [1.54, 1.807) is 12.4 Å². The van der Waals surface area contributed by atoms with E-state index in [0.29, 0.717) is 0 Å². The van der Waals surface area contributed by atoms with Gasteiger partial charge in [-0.2, -0.15) is 0 Å². The largest absolute Gasteiger partial charge is 0.230 e. The lowest BCUT2D eigenvalue weighted by Crippen LogP contribution is -1.88. The van der Waals surface area contributed by atoms with Gasteiger partial charge in [-0.1, -0.05) is 0 Å². The molecule has 0 atom stereocenters. The summed E-state index contributed by atoms with van der Waals surface area (Å²) in [5.41, 5.74) is 1.92. The Kier molecular flexibility index (Phi) is 3.74. The molecule has 0 aliphatic rings. The molecule has 0 saturated carbocycles. The molecule has 2 aromatic heterocycles. The van der Waals surface area contributed by atoms with Gasteiger partial charge in [0.05, 0.1) is 0 Å². The summed E-state index contributed by atoms with van der Waals surface area (Å²) in [6.45, 7) is 3.89. The fraction of sp³-hybridized carbons (Fsp3) is 0.200. The van der Waals surface area contributed by atoms with Gasteiger partial charge in [0, 0.05) is 23.8 Å². The first-order chi connectivity index (χ1) is 7.74. The number of aromatic nitrogens is 4. The van der Waals surface area contributed by atoms with Crippen LogP contribution >= 0.6 is 21.6 Å². The summed E-state index contributed by atoms with van der Waals surface area (Å²) in [6.07, 6.45) is 3.50.